The number of rotatable bonds is 5. The molecule has 2 aliphatic rings. The number of ether oxygens (including phenoxy) is 1. The molecule has 6 nitrogen and oxygen atoms in total. The van der Waals surface area contributed by atoms with Crippen LogP contribution < -0.4 is 14.5 Å². The molecule has 31 heavy (non-hydrogen) atoms. The zero-order chi connectivity index (χ0) is 21.1. The number of methoxy groups -OCH3 is 1. The molecule has 0 aromatic heterocycles. The summed E-state index contributed by atoms with van der Waals surface area (Å²) in [4.78, 5) is 18.6. The van der Waals surface area contributed by atoms with E-state index in [1.165, 1.54) is 5.56 Å². The minimum Gasteiger partial charge on any atom is -0.506 e. The molecule has 168 valence electrons. The summed E-state index contributed by atoms with van der Waals surface area (Å²) < 4.78 is 5.52. The number of anilines is 2. The van der Waals surface area contributed by atoms with E-state index in [-0.39, 0.29) is 24.1 Å². The SMILES string of the molecule is COc1ccccc1N1CCN(CCc2ccc(O)c3c2CCCN3C(C)=O)CC1.Cl. The van der Waals surface area contributed by atoms with Gasteiger partial charge < -0.3 is 19.6 Å². The molecule has 0 bridgehead atoms. The highest BCUT2D eigenvalue weighted by Gasteiger charge is 2.26. The Morgan fingerprint density at radius 2 is 1.81 bits per heavy atom. The number of halogens is 1. The van der Waals surface area contributed by atoms with Crippen LogP contribution in [0.25, 0.3) is 0 Å². The first-order chi connectivity index (χ1) is 14.6. The van der Waals surface area contributed by atoms with E-state index in [1.54, 1.807) is 25.0 Å². The number of amides is 1. The van der Waals surface area contributed by atoms with E-state index in [0.717, 1.165) is 74.7 Å². The van der Waals surface area contributed by atoms with Crippen molar-refractivity contribution in [3.8, 4) is 11.5 Å². The number of aromatic hydroxyl groups is 1. The van der Waals surface area contributed by atoms with Crippen molar-refractivity contribution >= 4 is 29.7 Å². The summed E-state index contributed by atoms with van der Waals surface area (Å²) in [6.07, 6.45) is 2.80. The van der Waals surface area contributed by atoms with Gasteiger partial charge >= 0.3 is 0 Å². The summed E-state index contributed by atoms with van der Waals surface area (Å²) in [6.45, 7) is 7.22. The third-order valence-corrected chi connectivity index (χ3v) is 6.31. The molecule has 2 aliphatic heterocycles. The summed E-state index contributed by atoms with van der Waals surface area (Å²) in [5.74, 6) is 1.14. The largest absolute Gasteiger partial charge is 0.506 e. The van der Waals surface area contributed by atoms with Crippen LogP contribution >= 0.6 is 12.4 Å². The predicted octanol–water partition coefficient (Wildman–Crippen LogP) is 3.49. The topological polar surface area (TPSA) is 56.2 Å². The van der Waals surface area contributed by atoms with Crippen molar-refractivity contribution in [2.24, 2.45) is 0 Å². The summed E-state index contributed by atoms with van der Waals surface area (Å²) in [5.41, 5.74) is 4.29. The molecular formula is C24H32ClN3O3. The highest BCUT2D eigenvalue weighted by molar-refractivity contribution is 5.94. The van der Waals surface area contributed by atoms with Crippen LogP contribution in [0.4, 0.5) is 11.4 Å². The van der Waals surface area contributed by atoms with Crippen molar-refractivity contribution in [3.63, 3.8) is 0 Å². The van der Waals surface area contributed by atoms with Gasteiger partial charge in [0.1, 0.15) is 11.5 Å². The Hall–Kier alpha value is -2.44. The number of benzene rings is 2. The fourth-order valence-corrected chi connectivity index (χ4v) is 4.70. The molecule has 0 radical (unpaired) electrons. The van der Waals surface area contributed by atoms with Crippen LogP contribution in [-0.4, -0.2) is 62.3 Å². The number of hydrogen-bond acceptors (Lipinski definition) is 5. The zero-order valence-electron chi connectivity index (χ0n) is 18.3. The van der Waals surface area contributed by atoms with Gasteiger partial charge in [0.15, 0.2) is 0 Å². The van der Waals surface area contributed by atoms with E-state index in [0.29, 0.717) is 6.54 Å². The Balaban J connectivity index is 0.00000272. The van der Waals surface area contributed by atoms with Crippen molar-refractivity contribution in [2.45, 2.75) is 26.2 Å². The average molecular weight is 446 g/mol. The van der Waals surface area contributed by atoms with Crippen molar-refractivity contribution in [2.75, 3.05) is 56.2 Å². The molecule has 2 aromatic rings. The van der Waals surface area contributed by atoms with Crippen molar-refractivity contribution in [1.29, 1.82) is 0 Å². The van der Waals surface area contributed by atoms with E-state index < -0.39 is 0 Å². The molecule has 1 saturated heterocycles. The van der Waals surface area contributed by atoms with Crippen molar-refractivity contribution in [1.82, 2.24) is 4.90 Å². The lowest BCUT2D eigenvalue weighted by Gasteiger charge is -2.37. The first-order valence-electron chi connectivity index (χ1n) is 10.8. The third-order valence-electron chi connectivity index (χ3n) is 6.31. The predicted molar refractivity (Wildman–Crippen MR) is 127 cm³/mol. The Labute approximate surface area is 190 Å². The maximum atomic E-state index is 12.0. The molecule has 0 unspecified atom stereocenters. The van der Waals surface area contributed by atoms with Gasteiger partial charge in [0, 0.05) is 46.2 Å². The lowest BCUT2D eigenvalue weighted by molar-refractivity contribution is -0.116. The van der Waals surface area contributed by atoms with E-state index in [9.17, 15) is 9.90 Å². The van der Waals surface area contributed by atoms with Gasteiger partial charge in [0.05, 0.1) is 18.5 Å². The van der Waals surface area contributed by atoms with E-state index >= 15 is 0 Å². The van der Waals surface area contributed by atoms with Crippen LogP contribution in [0.2, 0.25) is 0 Å². The van der Waals surface area contributed by atoms with Crippen molar-refractivity contribution in [3.05, 3.63) is 47.5 Å². The van der Waals surface area contributed by atoms with Gasteiger partial charge in [-0.05, 0) is 48.6 Å². The Morgan fingerprint density at radius 1 is 1.06 bits per heavy atom. The quantitative estimate of drug-likeness (QED) is 0.763. The highest BCUT2D eigenvalue weighted by Crippen LogP contribution is 2.38. The molecule has 0 spiro atoms. The molecule has 2 aromatic carbocycles. The Kier molecular flexibility index (Phi) is 7.68. The second-order valence-corrected chi connectivity index (χ2v) is 8.10. The lowest BCUT2D eigenvalue weighted by Crippen LogP contribution is -2.47. The number of phenolic OH excluding ortho intramolecular Hbond substituents is 1. The molecule has 2 heterocycles. The van der Waals surface area contributed by atoms with Gasteiger partial charge in [0.2, 0.25) is 5.91 Å². The molecule has 1 amide bonds. The number of carbonyl (C=O) groups is 1. The molecule has 4 rings (SSSR count). The zero-order valence-corrected chi connectivity index (χ0v) is 19.2. The average Bonchev–Trinajstić information content (AvgIpc) is 2.78. The van der Waals surface area contributed by atoms with Gasteiger partial charge in [0.25, 0.3) is 0 Å². The third kappa shape index (κ3) is 4.91. The molecule has 1 fully saturated rings. The summed E-state index contributed by atoms with van der Waals surface area (Å²) >= 11 is 0. The maximum absolute atomic E-state index is 12.0. The number of piperazine rings is 1. The standard InChI is InChI=1S/C24H31N3O3.ClH/c1-18(28)27-12-5-6-20-19(9-10-22(29)24(20)27)11-13-25-14-16-26(17-15-25)21-7-3-4-8-23(21)30-2;/h3-4,7-10,29H,5-6,11-17H2,1-2H3;1H. The number of carbonyl (C=O) groups excluding carboxylic acids is 1. The van der Waals surface area contributed by atoms with Gasteiger partial charge in [-0.2, -0.15) is 0 Å². The highest BCUT2D eigenvalue weighted by atomic mass is 35.5. The lowest BCUT2D eigenvalue weighted by atomic mass is 9.93. The first-order valence-corrected chi connectivity index (χ1v) is 10.8. The molecule has 0 saturated carbocycles. The van der Waals surface area contributed by atoms with Crippen molar-refractivity contribution < 1.29 is 14.6 Å². The number of phenols is 1. The van der Waals surface area contributed by atoms with Crippen LogP contribution in [0.3, 0.4) is 0 Å². The normalized spacial score (nSPS) is 16.5. The van der Waals surface area contributed by atoms with E-state index in [1.807, 2.05) is 18.2 Å². The molecule has 0 atom stereocenters. The molecule has 0 aliphatic carbocycles. The monoisotopic (exact) mass is 445 g/mol. The van der Waals surface area contributed by atoms with Crippen LogP contribution in [0, 0.1) is 0 Å². The Morgan fingerprint density at radius 3 is 2.52 bits per heavy atom. The van der Waals surface area contributed by atoms with Crippen LogP contribution in [0.1, 0.15) is 24.5 Å². The summed E-state index contributed by atoms with van der Waals surface area (Å²) in [5, 5.41) is 10.4. The Bertz CT molecular complexity index is 913. The van der Waals surface area contributed by atoms with Gasteiger partial charge in [-0.3, -0.25) is 9.69 Å². The minimum atomic E-state index is -0.00383. The smallest absolute Gasteiger partial charge is 0.223 e. The second kappa shape index (κ2) is 10.2. The summed E-state index contributed by atoms with van der Waals surface area (Å²) in [7, 11) is 1.72. The fraction of sp³-hybridized carbons (Fsp3) is 0.458. The molecule has 1 N–H and O–H groups in total. The fourth-order valence-electron chi connectivity index (χ4n) is 4.70. The first kappa shape index (κ1) is 23.2. The van der Waals surface area contributed by atoms with Gasteiger partial charge in [-0.25, -0.2) is 0 Å². The van der Waals surface area contributed by atoms with Crippen LogP contribution in [0.5, 0.6) is 11.5 Å². The number of para-hydroxylation sites is 2. The second-order valence-electron chi connectivity index (χ2n) is 8.10. The van der Waals surface area contributed by atoms with Gasteiger partial charge in [-0.15, -0.1) is 12.4 Å². The summed E-state index contributed by atoms with van der Waals surface area (Å²) in [6, 6.07) is 12.0. The van der Waals surface area contributed by atoms with E-state index in [2.05, 4.69) is 21.9 Å². The number of hydrogen-bond donors (Lipinski definition) is 1. The molecule has 7 heteroatoms. The van der Waals surface area contributed by atoms with Crippen LogP contribution in [0.15, 0.2) is 36.4 Å². The van der Waals surface area contributed by atoms with E-state index in [4.69, 9.17) is 4.74 Å². The minimum absolute atomic E-state index is 0. The van der Waals surface area contributed by atoms with Gasteiger partial charge in [-0.1, -0.05) is 18.2 Å². The number of fused-ring (bicyclic) bond motifs is 1. The van der Waals surface area contributed by atoms with Crippen LogP contribution in [-0.2, 0) is 17.6 Å². The number of nitrogens with zero attached hydrogens (tertiary/aromatic N) is 3. The maximum Gasteiger partial charge on any atom is 0.223 e. The molecular weight excluding hydrogens is 414 g/mol.